The van der Waals surface area contributed by atoms with Crippen molar-refractivity contribution >= 4 is 5.91 Å². The van der Waals surface area contributed by atoms with Gasteiger partial charge in [0.25, 0.3) is 0 Å². The van der Waals surface area contributed by atoms with E-state index in [9.17, 15) is 4.79 Å². The Bertz CT molecular complexity index is 152. The number of amides is 1. The third kappa shape index (κ3) is 9.12. The molecule has 0 bridgehead atoms. The van der Waals surface area contributed by atoms with Crippen molar-refractivity contribution in [3.05, 3.63) is 12.2 Å². The number of carbonyl (C=O) groups is 1. The topological polar surface area (TPSA) is 29.1 Å². The van der Waals surface area contributed by atoms with Crippen molar-refractivity contribution < 1.29 is 4.79 Å². The fourth-order valence-electron chi connectivity index (χ4n) is 1.10. The minimum atomic E-state index is 0.0878. The first-order valence-electron chi connectivity index (χ1n) is 5.16. The van der Waals surface area contributed by atoms with Crippen molar-refractivity contribution in [2.75, 3.05) is 7.05 Å². The first kappa shape index (κ1) is 12.2. The molecule has 0 atom stereocenters. The van der Waals surface area contributed by atoms with E-state index in [-0.39, 0.29) is 5.91 Å². The van der Waals surface area contributed by atoms with Crippen molar-refractivity contribution in [1.82, 2.24) is 5.32 Å². The van der Waals surface area contributed by atoms with Crippen LogP contribution in [0.3, 0.4) is 0 Å². The van der Waals surface area contributed by atoms with E-state index in [0.717, 1.165) is 6.42 Å². The molecule has 0 fully saturated rings. The fourth-order valence-corrected chi connectivity index (χ4v) is 1.10. The van der Waals surface area contributed by atoms with E-state index in [4.69, 9.17) is 0 Å². The third-order valence-electron chi connectivity index (χ3n) is 1.97. The first-order valence-corrected chi connectivity index (χ1v) is 5.16. The molecule has 0 aliphatic carbocycles. The summed E-state index contributed by atoms with van der Waals surface area (Å²) in [7, 11) is 1.66. The third-order valence-corrected chi connectivity index (χ3v) is 1.97. The predicted molar refractivity (Wildman–Crippen MR) is 56.6 cm³/mol. The van der Waals surface area contributed by atoms with Crippen LogP contribution >= 0.6 is 0 Å². The van der Waals surface area contributed by atoms with Crippen LogP contribution in [0.1, 0.15) is 45.4 Å². The summed E-state index contributed by atoms with van der Waals surface area (Å²) in [4.78, 5) is 10.8. The van der Waals surface area contributed by atoms with Gasteiger partial charge in [-0.3, -0.25) is 4.79 Å². The normalized spacial score (nSPS) is 10.6. The summed E-state index contributed by atoms with van der Waals surface area (Å²) >= 11 is 0. The highest BCUT2D eigenvalue weighted by Crippen LogP contribution is 2.02. The Morgan fingerprint density at radius 2 is 2.00 bits per heavy atom. The van der Waals surface area contributed by atoms with E-state index in [1.54, 1.807) is 7.05 Å². The van der Waals surface area contributed by atoms with Gasteiger partial charge in [-0.1, -0.05) is 38.3 Å². The van der Waals surface area contributed by atoms with E-state index in [1.807, 2.05) is 6.08 Å². The Hall–Kier alpha value is -0.790. The molecule has 0 heterocycles. The van der Waals surface area contributed by atoms with Crippen molar-refractivity contribution in [2.24, 2.45) is 0 Å². The molecule has 0 rings (SSSR count). The van der Waals surface area contributed by atoms with Crippen LogP contribution in [0.5, 0.6) is 0 Å². The Balaban J connectivity index is 3.17. The van der Waals surface area contributed by atoms with Crippen molar-refractivity contribution in [3.63, 3.8) is 0 Å². The second-order valence-corrected chi connectivity index (χ2v) is 3.20. The molecule has 2 heteroatoms. The van der Waals surface area contributed by atoms with Crippen molar-refractivity contribution in [3.8, 4) is 0 Å². The quantitative estimate of drug-likeness (QED) is 0.477. The molecule has 0 aliphatic rings. The highest BCUT2D eigenvalue weighted by molar-refractivity contribution is 5.76. The minimum absolute atomic E-state index is 0.0878. The molecule has 0 aromatic heterocycles. The van der Waals surface area contributed by atoms with Crippen LogP contribution in [0.2, 0.25) is 0 Å². The smallest absolute Gasteiger partial charge is 0.223 e. The molecule has 1 N–H and O–H groups in total. The van der Waals surface area contributed by atoms with Gasteiger partial charge in [0.15, 0.2) is 0 Å². The second-order valence-electron chi connectivity index (χ2n) is 3.20. The summed E-state index contributed by atoms with van der Waals surface area (Å²) in [6.45, 7) is 2.21. The molecular weight excluding hydrogens is 162 g/mol. The molecule has 0 saturated carbocycles. The molecule has 0 spiro atoms. The zero-order valence-electron chi connectivity index (χ0n) is 8.81. The van der Waals surface area contributed by atoms with E-state index < -0.39 is 0 Å². The maximum absolute atomic E-state index is 10.8. The van der Waals surface area contributed by atoms with Crippen LogP contribution in [-0.4, -0.2) is 13.0 Å². The highest BCUT2D eigenvalue weighted by Gasteiger charge is 1.90. The number of rotatable bonds is 7. The predicted octanol–water partition coefficient (Wildman–Crippen LogP) is 2.65. The number of hydrogen-bond donors (Lipinski definition) is 1. The Morgan fingerprint density at radius 1 is 1.23 bits per heavy atom. The highest BCUT2D eigenvalue weighted by atomic mass is 16.1. The lowest BCUT2D eigenvalue weighted by Gasteiger charge is -1.94. The van der Waals surface area contributed by atoms with Gasteiger partial charge in [0, 0.05) is 13.5 Å². The summed E-state index contributed by atoms with van der Waals surface area (Å²) in [5.41, 5.74) is 0. The molecular formula is C11H21NO. The summed E-state index contributed by atoms with van der Waals surface area (Å²) in [5, 5.41) is 2.59. The maximum atomic E-state index is 10.8. The average Bonchev–Trinajstić information content (AvgIpc) is 2.16. The van der Waals surface area contributed by atoms with Crippen molar-refractivity contribution in [2.45, 2.75) is 45.4 Å². The van der Waals surface area contributed by atoms with Gasteiger partial charge in [-0.25, -0.2) is 0 Å². The van der Waals surface area contributed by atoms with Gasteiger partial charge < -0.3 is 5.32 Å². The lowest BCUT2D eigenvalue weighted by Crippen LogP contribution is -2.15. The summed E-state index contributed by atoms with van der Waals surface area (Å²) < 4.78 is 0. The molecule has 0 aliphatic heterocycles. The van der Waals surface area contributed by atoms with Gasteiger partial charge in [0.1, 0.15) is 0 Å². The largest absolute Gasteiger partial charge is 0.359 e. The van der Waals surface area contributed by atoms with Crippen LogP contribution in [0.15, 0.2) is 12.2 Å². The number of unbranched alkanes of at least 4 members (excludes halogenated alkanes) is 4. The van der Waals surface area contributed by atoms with Crippen LogP contribution in [0.4, 0.5) is 0 Å². The van der Waals surface area contributed by atoms with E-state index in [0.29, 0.717) is 6.42 Å². The van der Waals surface area contributed by atoms with Crippen LogP contribution in [-0.2, 0) is 4.79 Å². The molecule has 2 nitrogen and oxygen atoms in total. The average molecular weight is 183 g/mol. The monoisotopic (exact) mass is 183 g/mol. The Labute approximate surface area is 81.4 Å². The lowest BCUT2D eigenvalue weighted by atomic mass is 10.1. The number of carbonyl (C=O) groups excluding carboxylic acids is 1. The van der Waals surface area contributed by atoms with Crippen LogP contribution in [0, 0.1) is 0 Å². The van der Waals surface area contributed by atoms with E-state index in [2.05, 4.69) is 18.3 Å². The van der Waals surface area contributed by atoms with Gasteiger partial charge in [-0.15, -0.1) is 0 Å². The lowest BCUT2D eigenvalue weighted by molar-refractivity contribution is -0.119. The Kier molecular flexibility index (Phi) is 8.73. The molecule has 13 heavy (non-hydrogen) atoms. The minimum Gasteiger partial charge on any atom is -0.359 e. The van der Waals surface area contributed by atoms with Gasteiger partial charge in [0.05, 0.1) is 0 Å². The van der Waals surface area contributed by atoms with E-state index in [1.165, 1.54) is 25.7 Å². The summed E-state index contributed by atoms with van der Waals surface area (Å²) in [5.74, 6) is 0.0878. The van der Waals surface area contributed by atoms with Crippen LogP contribution in [0.25, 0.3) is 0 Å². The van der Waals surface area contributed by atoms with Gasteiger partial charge >= 0.3 is 0 Å². The molecule has 76 valence electrons. The molecule has 0 aromatic rings. The number of hydrogen-bond acceptors (Lipinski definition) is 1. The number of allylic oxidation sites excluding steroid dienone is 1. The molecule has 0 radical (unpaired) electrons. The second kappa shape index (κ2) is 9.30. The SMILES string of the molecule is CCCCCC/C=C/CC(=O)NC. The van der Waals surface area contributed by atoms with Gasteiger partial charge in [0.2, 0.25) is 5.91 Å². The zero-order valence-corrected chi connectivity index (χ0v) is 8.81. The molecule has 0 saturated heterocycles. The maximum Gasteiger partial charge on any atom is 0.223 e. The zero-order chi connectivity index (χ0) is 9.94. The van der Waals surface area contributed by atoms with Gasteiger partial charge in [-0.05, 0) is 12.8 Å². The number of nitrogens with one attached hydrogen (secondary N) is 1. The molecule has 0 aromatic carbocycles. The van der Waals surface area contributed by atoms with Crippen molar-refractivity contribution in [1.29, 1.82) is 0 Å². The van der Waals surface area contributed by atoms with Gasteiger partial charge in [-0.2, -0.15) is 0 Å². The molecule has 0 unspecified atom stereocenters. The molecule has 1 amide bonds. The first-order chi connectivity index (χ1) is 6.31. The fraction of sp³-hybridized carbons (Fsp3) is 0.727. The van der Waals surface area contributed by atoms with E-state index >= 15 is 0 Å². The summed E-state index contributed by atoms with van der Waals surface area (Å²) in [6.07, 6.45) is 10.8. The van der Waals surface area contributed by atoms with Crippen LogP contribution < -0.4 is 5.32 Å². The Morgan fingerprint density at radius 3 is 2.62 bits per heavy atom. The standard InChI is InChI=1S/C11H21NO/c1-3-4-5-6-7-8-9-10-11(13)12-2/h8-9H,3-7,10H2,1-2H3,(H,12,13)/b9-8+. The summed E-state index contributed by atoms with van der Waals surface area (Å²) in [6, 6.07) is 0.